The van der Waals surface area contributed by atoms with Gasteiger partial charge in [-0.25, -0.2) is 0 Å². The Labute approximate surface area is 183 Å². The molecule has 0 aromatic carbocycles. The Morgan fingerprint density at radius 2 is 1.73 bits per heavy atom. The predicted molar refractivity (Wildman–Crippen MR) is 117 cm³/mol. The number of carbonyl (C=O) groups excluding carboxylic acids is 2. The molecule has 0 spiro atoms. The second kappa shape index (κ2) is 10.9. The molecule has 0 radical (unpaired) electrons. The van der Waals surface area contributed by atoms with E-state index in [1.807, 2.05) is 34.6 Å². The van der Waals surface area contributed by atoms with E-state index in [-0.39, 0.29) is 12.1 Å². The van der Waals surface area contributed by atoms with Gasteiger partial charge in [-0.3, -0.25) is 9.59 Å². The zero-order valence-electron chi connectivity index (χ0n) is 20.4. The minimum absolute atomic E-state index is 0.183. The van der Waals surface area contributed by atoms with Gasteiger partial charge in [0.25, 0.3) is 0 Å². The lowest BCUT2D eigenvalue weighted by Gasteiger charge is -2.46. The Bertz CT molecular complexity index is 568. The van der Waals surface area contributed by atoms with Crippen molar-refractivity contribution in [2.24, 2.45) is 11.3 Å². The summed E-state index contributed by atoms with van der Waals surface area (Å²) in [6.07, 6.45) is 4.36. The van der Waals surface area contributed by atoms with Gasteiger partial charge in [0, 0.05) is 6.42 Å². The molecule has 6 heteroatoms. The van der Waals surface area contributed by atoms with Gasteiger partial charge in [0.05, 0.1) is 24.2 Å². The molecular formula is C24H44O6. The number of esters is 2. The number of hydrogen-bond acceptors (Lipinski definition) is 6. The maximum Gasteiger partial charge on any atom is 0.316 e. The lowest BCUT2D eigenvalue weighted by Crippen LogP contribution is -2.54. The number of hydrogen-bond donors (Lipinski definition) is 1. The third-order valence-corrected chi connectivity index (χ3v) is 7.50. The fourth-order valence-corrected chi connectivity index (χ4v) is 3.60. The molecule has 1 N–H and O–H groups in total. The molecule has 1 aliphatic rings. The summed E-state index contributed by atoms with van der Waals surface area (Å²) in [6.45, 7) is 15.6. The summed E-state index contributed by atoms with van der Waals surface area (Å²) in [4.78, 5) is 25.7. The van der Waals surface area contributed by atoms with Crippen LogP contribution in [0.4, 0.5) is 0 Å². The van der Waals surface area contributed by atoms with Gasteiger partial charge in [0.1, 0.15) is 17.1 Å². The van der Waals surface area contributed by atoms with E-state index in [1.165, 1.54) is 0 Å². The fraction of sp³-hybridized carbons (Fsp3) is 0.917. The quantitative estimate of drug-likeness (QED) is 0.424. The average molecular weight is 429 g/mol. The average Bonchev–Trinajstić information content (AvgIpc) is 2.73. The van der Waals surface area contributed by atoms with E-state index in [2.05, 4.69) is 6.92 Å². The van der Waals surface area contributed by atoms with Crippen molar-refractivity contribution in [2.75, 3.05) is 6.61 Å². The van der Waals surface area contributed by atoms with Gasteiger partial charge in [0.2, 0.25) is 0 Å². The first-order valence-electron chi connectivity index (χ1n) is 11.7. The molecule has 0 aromatic heterocycles. The highest BCUT2D eigenvalue weighted by atomic mass is 16.6. The molecule has 5 atom stereocenters. The van der Waals surface area contributed by atoms with Gasteiger partial charge in [-0.2, -0.15) is 0 Å². The highest BCUT2D eigenvalue weighted by molar-refractivity contribution is 5.80. The molecule has 0 aliphatic heterocycles. The maximum absolute atomic E-state index is 13.1. The van der Waals surface area contributed by atoms with E-state index >= 15 is 0 Å². The van der Waals surface area contributed by atoms with Gasteiger partial charge in [0.15, 0.2) is 0 Å². The Morgan fingerprint density at radius 3 is 2.17 bits per heavy atom. The van der Waals surface area contributed by atoms with Crippen LogP contribution in [0.25, 0.3) is 0 Å². The van der Waals surface area contributed by atoms with Gasteiger partial charge in [-0.15, -0.1) is 0 Å². The summed E-state index contributed by atoms with van der Waals surface area (Å²) < 4.78 is 17.5. The van der Waals surface area contributed by atoms with Crippen molar-refractivity contribution in [2.45, 2.75) is 124 Å². The molecule has 176 valence electrons. The molecule has 6 nitrogen and oxygen atoms in total. The second-order valence-corrected chi connectivity index (χ2v) is 9.43. The maximum atomic E-state index is 13.1. The minimum Gasteiger partial charge on any atom is -0.461 e. The highest BCUT2D eigenvalue weighted by Crippen LogP contribution is 2.46. The van der Waals surface area contributed by atoms with Crippen LogP contribution in [0.15, 0.2) is 0 Å². The van der Waals surface area contributed by atoms with Crippen LogP contribution in [-0.4, -0.2) is 47.1 Å². The molecule has 0 heterocycles. The van der Waals surface area contributed by atoms with E-state index in [0.29, 0.717) is 45.1 Å². The van der Waals surface area contributed by atoms with Crippen molar-refractivity contribution in [3.63, 3.8) is 0 Å². The molecule has 0 saturated heterocycles. The predicted octanol–water partition coefficient (Wildman–Crippen LogP) is 4.80. The lowest BCUT2D eigenvalue weighted by atomic mass is 9.67. The number of aliphatic hydroxyl groups is 1. The molecule has 0 amide bonds. The van der Waals surface area contributed by atoms with Crippen molar-refractivity contribution >= 4 is 11.9 Å². The largest absolute Gasteiger partial charge is 0.461 e. The smallest absolute Gasteiger partial charge is 0.316 e. The molecule has 1 saturated carbocycles. The Morgan fingerprint density at radius 1 is 1.13 bits per heavy atom. The van der Waals surface area contributed by atoms with Crippen LogP contribution >= 0.6 is 0 Å². The summed E-state index contributed by atoms with van der Waals surface area (Å²) >= 11 is 0. The second-order valence-electron chi connectivity index (χ2n) is 9.43. The molecule has 1 aliphatic carbocycles. The normalized spacial score (nSPS) is 25.6. The first kappa shape index (κ1) is 26.9. The molecule has 1 fully saturated rings. The third-order valence-electron chi connectivity index (χ3n) is 7.50. The summed E-state index contributed by atoms with van der Waals surface area (Å²) in [6, 6.07) is 0. The van der Waals surface area contributed by atoms with E-state index < -0.39 is 34.6 Å². The van der Waals surface area contributed by atoms with Crippen LogP contribution in [-0.2, 0) is 23.8 Å². The summed E-state index contributed by atoms with van der Waals surface area (Å²) in [5.74, 6) is -1.44. The minimum atomic E-state index is -1.13. The molecule has 1 rings (SSSR count). The van der Waals surface area contributed by atoms with Crippen LogP contribution in [0.3, 0.4) is 0 Å². The standard InChI is InChI=1S/C24H44O6/c1-9-17(5)28-16-15-24(11-3,12-4)30-21(26)22(7)14-13-19(22)29-20(25)18(6)23(8,27)10-2/h17-19,27H,9-16H2,1-8H3. The molecular weight excluding hydrogens is 384 g/mol. The Hall–Kier alpha value is -1.14. The first-order valence-corrected chi connectivity index (χ1v) is 11.7. The SMILES string of the molecule is CCC(C)OCCC(CC)(CC)OC(=O)C1(C)CCC1OC(=O)C(C)C(C)(O)CC. The molecule has 0 aromatic rings. The molecule has 30 heavy (non-hydrogen) atoms. The monoisotopic (exact) mass is 428 g/mol. The summed E-state index contributed by atoms with van der Waals surface area (Å²) in [5.41, 5.74) is -2.55. The highest BCUT2D eigenvalue weighted by Gasteiger charge is 2.54. The third kappa shape index (κ3) is 6.19. The fourth-order valence-electron chi connectivity index (χ4n) is 3.60. The van der Waals surface area contributed by atoms with E-state index in [0.717, 1.165) is 6.42 Å². The molecule has 5 unspecified atom stereocenters. The van der Waals surface area contributed by atoms with Crippen LogP contribution in [0, 0.1) is 11.3 Å². The lowest BCUT2D eigenvalue weighted by molar-refractivity contribution is -0.203. The van der Waals surface area contributed by atoms with Crippen molar-refractivity contribution in [3.05, 3.63) is 0 Å². The van der Waals surface area contributed by atoms with Crippen molar-refractivity contribution < 1.29 is 28.9 Å². The van der Waals surface area contributed by atoms with Gasteiger partial charge < -0.3 is 19.3 Å². The zero-order chi connectivity index (χ0) is 23.2. The van der Waals surface area contributed by atoms with Crippen molar-refractivity contribution in [3.8, 4) is 0 Å². The number of ether oxygens (including phenoxy) is 3. The van der Waals surface area contributed by atoms with Gasteiger partial charge in [-0.05, 0) is 66.2 Å². The van der Waals surface area contributed by atoms with Crippen LogP contribution < -0.4 is 0 Å². The summed E-state index contributed by atoms with van der Waals surface area (Å²) in [7, 11) is 0. The van der Waals surface area contributed by atoms with E-state index in [4.69, 9.17) is 14.2 Å². The van der Waals surface area contributed by atoms with E-state index in [1.54, 1.807) is 13.8 Å². The van der Waals surface area contributed by atoms with Crippen LogP contribution in [0.1, 0.15) is 100 Å². The van der Waals surface area contributed by atoms with Crippen molar-refractivity contribution in [1.82, 2.24) is 0 Å². The van der Waals surface area contributed by atoms with Crippen LogP contribution in [0.5, 0.6) is 0 Å². The van der Waals surface area contributed by atoms with Gasteiger partial charge in [-0.1, -0.05) is 27.7 Å². The van der Waals surface area contributed by atoms with Gasteiger partial charge >= 0.3 is 11.9 Å². The van der Waals surface area contributed by atoms with E-state index in [9.17, 15) is 14.7 Å². The Kier molecular flexibility index (Phi) is 9.81. The van der Waals surface area contributed by atoms with Crippen molar-refractivity contribution in [1.29, 1.82) is 0 Å². The number of carbonyl (C=O) groups is 2. The zero-order valence-corrected chi connectivity index (χ0v) is 20.4. The topological polar surface area (TPSA) is 82.1 Å². The van der Waals surface area contributed by atoms with Crippen LogP contribution in [0.2, 0.25) is 0 Å². The Balaban J connectivity index is 2.78. The number of rotatable bonds is 13. The first-order chi connectivity index (χ1) is 13.9. The molecule has 0 bridgehead atoms. The summed E-state index contributed by atoms with van der Waals surface area (Å²) in [5, 5.41) is 10.4.